The van der Waals surface area contributed by atoms with Crippen LogP contribution in [0.25, 0.3) is 6.08 Å². The molecule has 0 aliphatic carbocycles. The van der Waals surface area contributed by atoms with Gasteiger partial charge < -0.3 is 0 Å². The highest BCUT2D eigenvalue weighted by molar-refractivity contribution is 5.50. The lowest BCUT2D eigenvalue weighted by atomic mass is 10.1. The van der Waals surface area contributed by atoms with E-state index in [1.807, 2.05) is 25.3 Å². The van der Waals surface area contributed by atoms with Gasteiger partial charge in [0.1, 0.15) is 0 Å². The molecule has 0 spiro atoms. The van der Waals surface area contributed by atoms with Gasteiger partial charge in [0.15, 0.2) is 0 Å². The van der Waals surface area contributed by atoms with E-state index in [1.165, 1.54) is 11.1 Å². The predicted octanol–water partition coefficient (Wildman–Crippen LogP) is 2.90. The Kier molecular flexibility index (Phi) is 2.81. The van der Waals surface area contributed by atoms with Gasteiger partial charge in [0.2, 0.25) is 0 Å². The van der Waals surface area contributed by atoms with Gasteiger partial charge in [-0.3, -0.25) is 4.98 Å². The minimum Gasteiger partial charge on any atom is -0.256 e. The highest BCUT2D eigenvalue weighted by atomic mass is 14.7. The smallest absolute Gasteiger partial charge is 0.0658 e. The van der Waals surface area contributed by atoms with E-state index in [0.717, 1.165) is 5.69 Å². The second-order valence-corrected chi connectivity index (χ2v) is 2.81. The summed E-state index contributed by atoms with van der Waals surface area (Å²) in [4.78, 5) is 4.28. The Balaban J connectivity index is 3.01. The minimum absolute atomic E-state index is 1.01. The van der Waals surface area contributed by atoms with Gasteiger partial charge in [-0.1, -0.05) is 24.8 Å². The van der Waals surface area contributed by atoms with Crippen molar-refractivity contribution >= 4 is 6.08 Å². The molecule has 0 atom stereocenters. The molecule has 0 aliphatic rings. The average Bonchev–Trinajstić information content (AvgIpc) is 2.03. The fourth-order valence-corrected chi connectivity index (χ4v) is 1.06. The van der Waals surface area contributed by atoms with Crippen LogP contribution in [0.15, 0.2) is 31.0 Å². The van der Waals surface area contributed by atoms with E-state index in [1.54, 1.807) is 6.08 Å². The first-order chi connectivity index (χ1) is 5.74. The summed E-state index contributed by atoms with van der Waals surface area (Å²) in [5.74, 6) is 0. The van der Waals surface area contributed by atoms with Gasteiger partial charge in [0.25, 0.3) is 0 Å². The normalized spacial score (nSPS) is 10.5. The summed E-state index contributed by atoms with van der Waals surface area (Å²) < 4.78 is 0. The average molecular weight is 159 g/mol. The number of rotatable bonds is 2. The molecule has 1 aromatic heterocycles. The van der Waals surface area contributed by atoms with Crippen molar-refractivity contribution in [1.82, 2.24) is 4.98 Å². The Labute approximate surface area is 73.5 Å². The van der Waals surface area contributed by atoms with Gasteiger partial charge in [-0.2, -0.15) is 0 Å². The van der Waals surface area contributed by atoms with Crippen molar-refractivity contribution in [1.29, 1.82) is 0 Å². The fraction of sp³-hybridized carbons (Fsp3) is 0.182. The number of hydrogen-bond acceptors (Lipinski definition) is 1. The topological polar surface area (TPSA) is 12.9 Å². The highest BCUT2D eigenvalue weighted by Gasteiger charge is 1.93. The third-order valence-corrected chi connectivity index (χ3v) is 1.65. The van der Waals surface area contributed by atoms with Gasteiger partial charge in [-0.05, 0) is 31.1 Å². The van der Waals surface area contributed by atoms with E-state index < -0.39 is 0 Å². The Morgan fingerprint density at radius 3 is 2.75 bits per heavy atom. The molecule has 1 heterocycles. The summed E-state index contributed by atoms with van der Waals surface area (Å²) in [6.45, 7) is 7.71. The molecular weight excluding hydrogens is 146 g/mol. The second kappa shape index (κ2) is 3.86. The number of aryl methyl sites for hydroxylation is 2. The predicted molar refractivity (Wildman–Crippen MR) is 52.9 cm³/mol. The summed E-state index contributed by atoms with van der Waals surface area (Å²) in [7, 11) is 0. The van der Waals surface area contributed by atoms with E-state index >= 15 is 0 Å². The molecule has 0 fully saturated rings. The van der Waals surface area contributed by atoms with Crippen molar-refractivity contribution in [3.8, 4) is 0 Å². The molecule has 1 rings (SSSR count). The van der Waals surface area contributed by atoms with Crippen molar-refractivity contribution in [3.05, 3.63) is 47.8 Å². The van der Waals surface area contributed by atoms with Crippen LogP contribution < -0.4 is 0 Å². The van der Waals surface area contributed by atoms with E-state index in [2.05, 4.69) is 24.6 Å². The lowest BCUT2D eigenvalue weighted by Gasteiger charge is -1.99. The zero-order chi connectivity index (χ0) is 8.97. The van der Waals surface area contributed by atoms with Gasteiger partial charge in [-0.15, -0.1) is 0 Å². The van der Waals surface area contributed by atoms with Crippen LogP contribution in [-0.4, -0.2) is 4.98 Å². The quantitative estimate of drug-likeness (QED) is 0.604. The number of hydrogen-bond donors (Lipinski definition) is 0. The molecule has 0 aromatic carbocycles. The Hall–Kier alpha value is -1.37. The van der Waals surface area contributed by atoms with Gasteiger partial charge in [0, 0.05) is 6.20 Å². The molecule has 0 aliphatic heterocycles. The van der Waals surface area contributed by atoms with Crippen LogP contribution in [0.5, 0.6) is 0 Å². The Morgan fingerprint density at radius 2 is 2.17 bits per heavy atom. The number of aromatic nitrogens is 1. The third kappa shape index (κ3) is 2.06. The van der Waals surface area contributed by atoms with Gasteiger partial charge in [0.05, 0.1) is 5.69 Å². The molecule has 0 saturated heterocycles. The molecule has 12 heavy (non-hydrogen) atoms. The first-order valence-electron chi connectivity index (χ1n) is 3.96. The molecule has 0 unspecified atom stereocenters. The van der Waals surface area contributed by atoms with Crippen molar-refractivity contribution in [2.75, 3.05) is 0 Å². The van der Waals surface area contributed by atoms with E-state index in [4.69, 9.17) is 0 Å². The highest BCUT2D eigenvalue weighted by Crippen LogP contribution is 2.08. The van der Waals surface area contributed by atoms with Crippen LogP contribution >= 0.6 is 0 Å². The number of allylic oxidation sites excluding steroid dienone is 2. The van der Waals surface area contributed by atoms with Crippen LogP contribution in [0.4, 0.5) is 0 Å². The molecular formula is C11H13N. The van der Waals surface area contributed by atoms with Crippen molar-refractivity contribution in [3.63, 3.8) is 0 Å². The Bertz CT molecular complexity index is 311. The standard InChI is InChI=1S/C11H13N/c1-4-5-6-11-10(3)7-9(2)8-12-11/h4-8H,1H2,2-3H3/b6-5-. The summed E-state index contributed by atoms with van der Waals surface area (Å²) in [5.41, 5.74) is 3.41. The van der Waals surface area contributed by atoms with E-state index in [-0.39, 0.29) is 0 Å². The number of nitrogens with zero attached hydrogens (tertiary/aromatic N) is 1. The monoisotopic (exact) mass is 159 g/mol. The molecule has 1 heteroatoms. The van der Waals surface area contributed by atoms with Crippen molar-refractivity contribution in [2.24, 2.45) is 0 Å². The maximum atomic E-state index is 4.28. The minimum atomic E-state index is 1.01. The zero-order valence-corrected chi connectivity index (χ0v) is 7.54. The summed E-state index contributed by atoms with van der Waals surface area (Å²) in [6, 6.07) is 2.12. The number of pyridine rings is 1. The lowest BCUT2D eigenvalue weighted by Crippen LogP contribution is -1.86. The largest absolute Gasteiger partial charge is 0.256 e. The fourth-order valence-electron chi connectivity index (χ4n) is 1.06. The molecule has 0 bridgehead atoms. The molecule has 0 N–H and O–H groups in total. The molecule has 0 saturated carbocycles. The maximum absolute atomic E-state index is 4.28. The van der Waals surface area contributed by atoms with E-state index in [0.29, 0.717) is 0 Å². The molecule has 0 radical (unpaired) electrons. The summed E-state index contributed by atoms with van der Waals surface area (Å²) in [6.07, 6.45) is 7.48. The summed E-state index contributed by atoms with van der Waals surface area (Å²) >= 11 is 0. The van der Waals surface area contributed by atoms with Crippen LogP contribution in [0.3, 0.4) is 0 Å². The molecule has 0 amide bonds. The Morgan fingerprint density at radius 1 is 1.42 bits per heavy atom. The van der Waals surface area contributed by atoms with Crippen molar-refractivity contribution in [2.45, 2.75) is 13.8 Å². The van der Waals surface area contributed by atoms with Crippen LogP contribution in [0.2, 0.25) is 0 Å². The zero-order valence-electron chi connectivity index (χ0n) is 7.54. The first-order valence-corrected chi connectivity index (χ1v) is 3.96. The van der Waals surface area contributed by atoms with Crippen LogP contribution in [-0.2, 0) is 0 Å². The SMILES string of the molecule is C=C/C=C\c1ncc(C)cc1C. The van der Waals surface area contributed by atoms with E-state index in [9.17, 15) is 0 Å². The molecule has 62 valence electrons. The first kappa shape index (κ1) is 8.72. The van der Waals surface area contributed by atoms with Crippen LogP contribution in [0, 0.1) is 13.8 Å². The lowest BCUT2D eigenvalue weighted by molar-refractivity contribution is 1.19. The second-order valence-electron chi connectivity index (χ2n) is 2.81. The molecule has 1 aromatic rings. The third-order valence-electron chi connectivity index (χ3n) is 1.65. The summed E-state index contributed by atoms with van der Waals surface area (Å²) in [5, 5.41) is 0. The maximum Gasteiger partial charge on any atom is 0.0658 e. The van der Waals surface area contributed by atoms with Gasteiger partial charge >= 0.3 is 0 Å². The van der Waals surface area contributed by atoms with Crippen molar-refractivity contribution < 1.29 is 0 Å². The van der Waals surface area contributed by atoms with Crippen LogP contribution in [0.1, 0.15) is 16.8 Å². The molecule has 1 nitrogen and oxygen atoms in total. The van der Waals surface area contributed by atoms with Gasteiger partial charge in [-0.25, -0.2) is 0 Å².